The van der Waals surface area contributed by atoms with Gasteiger partial charge in [-0.1, -0.05) is 48.0 Å². The summed E-state index contributed by atoms with van der Waals surface area (Å²) in [5.41, 5.74) is 10.7. The third kappa shape index (κ3) is 2.42. The van der Waals surface area contributed by atoms with Gasteiger partial charge in [-0.2, -0.15) is 0 Å². The predicted octanol–water partition coefficient (Wildman–Crippen LogP) is 4.81. The molecule has 1 heterocycles. The number of hydrogen-bond acceptors (Lipinski definition) is 1. The van der Waals surface area contributed by atoms with Crippen molar-refractivity contribution >= 4 is 39.7 Å². The number of benzene rings is 3. The second-order valence-electron chi connectivity index (χ2n) is 6.06. The standard InChI is InChI=1S/C20H18ClN3/c1-13-9-10-18(15-6-3-2-5-14(13)15)23-20(22)24-12-11-16-17(21)7-4-8-19(16)24/h2-10H,11-12H2,1H3,(H2,22,23). The molecule has 4 heteroatoms. The van der Waals surface area contributed by atoms with Crippen LogP contribution in [0.1, 0.15) is 11.1 Å². The lowest BCUT2D eigenvalue weighted by Crippen LogP contribution is -2.35. The van der Waals surface area contributed by atoms with E-state index in [-0.39, 0.29) is 0 Å². The third-order valence-electron chi connectivity index (χ3n) is 4.60. The van der Waals surface area contributed by atoms with Gasteiger partial charge >= 0.3 is 0 Å². The van der Waals surface area contributed by atoms with Crippen molar-refractivity contribution in [1.82, 2.24) is 0 Å². The monoisotopic (exact) mass is 335 g/mol. The van der Waals surface area contributed by atoms with E-state index in [2.05, 4.69) is 25.1 Å². The van der Waals surface area contributed by atoms with Crippen LogP contribution in [0.3, 0.4) is 0 Å². The summed E-state index contributed by atoms with van der Waals surface area (Å²) in [5, 5.41) is 3.12. The Morgan fingerprint density at radius 1 is 1.04 bits per heavy atom. The molecule has 0 fully saturated rings. The van der Waals surface area contributed by atoms with Crippen LogP contribution in [-0.2, 0) is 6.42 Å². The zero-order valence-electron chi connectivity index (χ0n) is 13.5. The minimum absolute atomic E-state index is 0.505. The van der Waals surface area contributed by atoms with E-state index in [1.165, 1.54) is 10.9 Å². The summed E-state index contributed by atoms with van der Waals surface area (Å²) in [7, 11) is 0. The Hall–Kier alpha value is -2.52. The largest absolute Gasteiger partial charge is 0.369 e. The fourth-order valence-electron chi connectivity index (χ4n) is 3.34. The highest BCUT2D eigenvalue weighted by atomic mass is 35.5. The van der Waals surface area contributed by atoms with Crippen molar-refractivity contribution in [3.8, 4) is 0 Å². The van der Waals surface area contributed by atoms with Crippen molar-refractivity contribution in [2.75, 3.05) is 11.4 Å². The molecule has 0 aliphatic carbocycles. The first-order chi connectivity index (χ1) is 11.6. The van der Waals surface area contributed by atoms with E-state index < -0.39 is 0 Å². The van der Waals surface area contributed by atoms with Gasteiger partial charge in [-0.05, 0) is 48.1 Å². The van der Waals surface area contributed by atoms with Crippen molar-refractivity contribution in [2.45, 2.75) is 13.3 Å². The number of hydrogen-bond donors (Lipinski definition) is 1. The molecular weight excluding hydrogens is 318 g/mol. The van der Waals surface area contributed by atoms with E-state index >= 15 is 0 Å². The molecule has 0 spiro atoms. The second-order valence-corrected chi connectivity index (χ2v) is 6.46. The SMILES string of the molecule is Cc1ccc(N=C(N)N2CCc3c(Cl)cccc32)c2ccccc12. The molecule has 0 unspecified atom stereocenters. The highest BCUT2D eigenvalue weighted by Gasteiger charge is 2.23. The number of guanidine groups is 1. The molecule has 0 aromatic heterocycles. The lowest BCUT2D eigenvalue weighted by Gasteiger charge is -2.18. The summed E-state index contributed by atoms with van der Waals surface area (Å²) < 4.78 is 0. The van der Waals surface area contributed by atoms with Crippen molar-refractivity contribution in [3.63, 3.8) is 0 Å². The first kappa shape index (κ1) is 15.0. The fraction of sp³-hybridized carbons (Fsp3) is 0.150. The lowest BCUT2D eigenvalue weighted by molar-refractivity contribution is 1.01. The fourth-order valence-corrected chi connectivity index (χ4v) is 3.61. The normalized spacial score (nSPS) is 14.2. The summed E-state index contributed by atoms with van der Waals surface area (Å²) in [6.45, 7) is 2.91. The Balaban J connectivity index is 1.78. The van der Waals surface area contributed by atoms with Crippen LogP contribution in [0.15, 0.2) is 59.6 Å². The Bertz CT molecular complexity index is 962. The minimum atomic E-state index is 0.505. The van der Waals surface area contributed by atoms with Gasteiger partial charge in [0.1, 0.15) is 0 Å². The van der Waals surface area contributed by atoms with Gasteiger partial charge in [0.05, 0.1) is 5.69 Å². The Morgan fingerprint density at radius 2 is 1.83 bits per heavy atom. The molecule has 1 aliphatic rings. The predicted molar refractivity (Wildman–Crippen MR) is 102 cm³/mol. The second kappa shape index (κ2) is 5.84. The van der Waals surface area contributed by atoms with Gasteiger partial charge in [-0.3, -0.25) is 0 Å². The van der Waals surface area contributed by atoms with E-state index in [1.807, 2.05) is 41.3 Å². The van der Waals surface area contributed by atoms with E-state index in [1.54, 1.807) is 0 Å². The maximum Gasteiger partial charge on any atom is 0.201 e. The number of aryl methyl sites for hydroxylation is 1. The summed E-state index contributed by atoms with van der Waals surface area (Å²) in [6, 6.07) is 18.3. The van der Waals surface area contributed by atoms with Gasteiger partial charge in [0.2, 0.25) is 5.96 Å². The Labute approximate surface area is 146 Å². The molecule has 3 aromatic rings. The molecule has 4 rings (SSSR count). The zero-order chi connectivity index (χ0) is 16.7. The van der Waals surface area contributed by atoms with Gasteiger partial charge in [-0.15, -0.1) is 0 Å². The molecule has 1 aliphatic heterocycles. The maximum atomic E-state index is 6.34. The molecule has 0 saturated carbocycles. The van der Waals surface area contributed by atoms with Gasteiger partial charge in [0, 0.05) is 22.6 Å². The van der Waals surface area contributed by atoms with E-state index in [4.69, 9.17) is 22.3 Å². The number of fused-ring (bicyclic) bond motifs is 2. The average Bonchev–Trinajstić information content (AvgIpc) is 3.03. The van der Waals surface area contributed by atoms with Crippen LogP contribution >= 0.6 is 11.6 Å². The summed E-state index contributed by atoms with van der Waals surface area (Å²) in [4.78, 5) is 6.75. The third-order valence-corrected chi connectivity index (χ3v) is 4.96. The highest BCUT2D eigenvalue weighted by Crippen LogP contribution is 2.34. The van der Waals surface area contributed by atoms with Crippen LogP contribution in [0.4, 0.5) is 11.4 Å². The van der Waals surface area contributed by atoms with Crippen molar-refractivity contribution < 1.29 is 0 Å². The molecular formula is C20H18ClN3. The van der Waals surface area contributed by atoms with Crippen LogP contribution in [-0.4, -0.2) is 12.5 Å². The van der Waals surface area contributed by atoms with Crippen molar-refractivity contribution in [2.24, 2.45) is 10.7 Å². The van der Waals surface area contributed by atoms with Crippen molar-refractivity contribution in [1.29, 1.82) is 0 Å². The Morgan fingerprint density at radius 3 is 2.67 bits per heavy atom. The summed E-state index contributed by atoms with van der Waals surface area (Å²) in [6.07, 6.45) is 0.889. The molecule has 0 saturated heterocycles. The zero-order valence-corrected chi connectivity index (χ0v) is 14.2. The van der Waals surface area contributed by atoms with Gasteiger partial charge in [0.25, 0.3) is 0 Å². The molecule has 24 heavy (non-hydrogen) atoms. The number of nitrogens with two attached hydrogens (primary N) is 1. The molecule has 3 aromatic carbocycles. The first-order valence-corrected chi connectivity index (χ1v) is 8.40. The lowest BCUT2D eigenvalue weighted by atomic mass is 10.0. The molecule has 3 nitrogen and oxygen atoms in total. The van der Waals surface area contributed by atoms with Crippen LogP contribution in [0.5, 0.6) is 0 Å². The average molecular weight is 336 g/mol. The molecule has 2 N–H and O–H groups in total. The molecule has 0 atom stereocenters. The van der Waals surface area contributed by atoms with Gasteiger partial charge in [0.15, 0.2) is 0 Å². The van der Waals surface area contributed by atoms with Gasteiger partial charge in [-0.25, -0.2) is 4.99 Å². The quantitative estimate of drug-likeness (QED) is 0.512. The Kier molecular flexibility index (Phi) is 3.66. The summed E-state index contributed by atoms with van der Waals surface area (Å²) >= 11 is 6.29. The van der Waals surface area contributed by atoms with Crippen LogP contribution in [0.25, 0.3) is 10.8 Å². The number of halogens is 1. The molecule has 120 valence electrons. The van der Waals surface area contributed by atoms with E-state index in [0.29, 0.717) is 5.96 Å². The maximum absolute atomic E-state index is 6.34. The van der Waals surface area contributed by atoms with Crippen LogP contribution in [0.2, 0.25) is 5.02 Å². The van der Waals surface area contributed by atoms with Crippen molar-refractivity contribution in [3.05, 3.63) is 70.7 Å². The first-order valence-electron chi connectivity index (χ1n) is 8.02. The van der Waals surface area contributed by atoms with E-state index in [0.717, 1.165) is 40.3 Å². The number of nitrogens with zero attached hydrogens (tertiary/aromatic N) is 2. The van der Waals surface area contributed by atoms with E-state index in [9.17, 15) is 0 Å². The number of anilines is 1. The molecule has 0 bridgehead atoms. The molecule has 0 amide bonds. The summed E-state index contributed by atoms with van der Waals surface area (Å²) in [5.74, 6) is 0.505. The topological polar surface area (TPSA) is 41.6 Å². The minimum Gasteiger partial charge on any atom is -0.369 e. The smallest absolute Gasteiger partial charge is 0.201 e. The molecule has 0 radical (unpaired) electrons. The van der Waals surface area contributed by atoms with Crippen LogP contribution < -0.4 is 10.6 Å². The van der Waals surface area contributed by atoms with Gasteiger partial charge < -0.3 is 10.6 Å². The van der Waals surface area contributed by atoms with Crippen LogP contribution in [0, 0.1) is 6.92 Å². The number of aliphatic imine (C=N–C) groups is 1. The highest BCUT2D eigenvalue weighted by molar-refractivity contribution is 6.32. The number of rotatable bonds is 1.